The smallest absolute Gasteiger partial charge is 0.307 e. The van der Waals surface area contributed by atoms with E-state index in [0.717, 1.165) is 18.8 Å². The molecule has 114 valence electrons. The molecule has 0 spiro atoms. The normalized spacial score (nSPS) is 12.7. The molecular weight excluding hydrogens is 238 g/mol. The summed E-state index contributed by atoms with van der Waals surface area (Å²) in [5, 5.41) is 0. The Kier molecular flexibility index (Phi) is 12.1. The molecule has 0 aromatic carbocycles. The van der Waals surface area contributed by atoms with Crippen LogP contribution in [-0.4, -0.2) is 18.6 Å². The van der Waals surface area contributed by atoms with Gasteiger partial charge >= 0.3 is 5.97 Å². The topological polar surface area (TPSA) is 52.3 Å². The predicted molar refractivity (Wildman–Crippen MR) is 81.0 cm³/mol. The van der Waals surface area contributed by atoms with E-state index in [1.54, 1.807) is 0 Å². The van der Waals surface area contributed by atoms with E-state index in [1.165, 1.54) is 38.5 Å². The van der Waals surface area contributed by atoms with E-state index in [2.05, 4.69) is 13.8 Å². The van der Waals surface area contributed by atoms with Crippen LogP contribution in [0.1, 0.15) is 78.6 Å². The zero-order valence-corrected chi connectivity index (χ0v) is 13.1. The number of esters is 1. The first-order chi connectivity index (χ1) is 9.06. The second-order valence-corrected chi connectivity index (χ2v) is 5.86. The minimum atomic E-state index is -0.163. The number of carbonyl (C=O) groups excluding carboxylic acids is 1. The molecule has 0 fully saturated rings. The van der Waals surface area contributed by atoms with Crippen molar-refractivity contribution >= 4 is 5.97 Å². The molecule has 1 atom stereocenters. The van der Waals surface area contributed by atoms with E-state index in [0.29, 0.717) is 13.0 Å². The Morgan fingerprint density at radius 2 is 1.53 bits per heavy atom. The molecule has 0 amide bonds. The Hall–Kier alpha value is -0.570. The molecule has 0 bridgehead atoms. The lowest BCUT2D eigenvalue weighted by molar-refractivity contribution is -0.143. The van der Waals surface area contributed by atoms with Crippen LogP contribution in [0.4, 0.5) is 0 Å². The molecule has 0 radical (unpaired) electrons. The molecule has 3 heteroatoms. The summed E-state index contributed by atoms with van der Waals surface area (Å²) in [5.41, 5.74) is 5.90. The van der Waals surface area contributed by atoms with Crippen LogP contribution in [0.5, 0.6) is 0 Å². The van der Waals surface area contributed by atoms with Gasteiger partial charge in [-0.1, -0.05) is 58.8 Å². The zero-order chi connectivity index (χ0) is 14.5. The fraction of sp³-hybridized carbons (Fsp3) is 0.938. The fourth-order valence-electron chi connectivity index (χ4n) is 2.20. The molecule has 2 N–H and O–H groups in total. The highest BCUT2D eigenvalue weighted by Crippen LogP contribution is 2.12. The van der Waals surface area contributed by atoms with Crippen LogP contribution < -0.4 is 5.73 Å². The van der Waals surface area contributed by atoms with Crippen LogP contribution in [-0.2, 0) is 9.53 Å². The lowest BCUT2D eigenvalue weighted by Gasteiger charge is -2.10. The first kappa shape index (κ1) is 18.4. The molecule has 3 nitrogen and oxygen atoms in total. The van der Waals surface area contributed by atoms with Crippen molar-refractivity contribution in [2.75, 3.05) is 6.61 Å². The van der Waals surface area contributed by atoms with Gasteiger partial charge in [-0.2, -0.15) is 0 Å². The molecule has 0 unspecified atom stereocenters. The van der Waals surface area contributed by atoms with Gasteiger partial charge in [0.2, 0.25) is 0 Å². The summed E-state index contributed by atoms with van der Waals surface area (Å²) >= 11 is 0. The number of unbranched alkanes of at least 4 members (excludes halogenated alkanes) is 5. The van der Waals surface area contributed by atoms with Gasteiger partial charge in [0.1, 0.15) is 0 Å². The van der Waals surface area contributed by atoms with Crippen molar-refractivity contribution in [3.8, 4) is 0 Å². The standard InChI is InChI=1S/C16H33NO2/c1-4-19-16(18)13-15(17)12-10-8-6-5-7-9-11-14(2)3/h14-15H,4-13,17H2,1-3H3/t15-/m1/s1. The average molecular weight is 271 g/mol. The van der Waals surface area contributed by atoms with E-state index < -0.39 is 0 Å². The largest absolute Gasteiger partial charge is 0.466 e. The number of hydrogen-bond acceptors (Lipinski definition) is 3. The van der Waals surface area contributed by atoms with Crippen molar-refractivity contribution in [3.05, 3.63) is 0 Å². The van der Waals surface area contributed by atoms with Gasteiger partial charge in [0.25, 0.3) is 0 Å². The van der Waals surface area contributed by atoms with Gasteiger partial charge in [-0.05, 0) is 19.3 Å². The second-order valence-electron chi connectivity index (χ2n) is 5.86. The maximum Gasteiger partial charge on any atom is 0.307 e. The fourth-order valence-corrected chi connectivity index (χ4v) is 2.20. The Morgan fingerprint density at radius 1 is 1.00 bits per heavy atom. The SMILES string of the molecule is CCOC(=O)C[C@H](N)CCCCCCCCC(C)C. The maximum atomic E-state index is 11.2. The van der Waals surface area contributed by atoms with E-state index >= 15 is 0 Å². The molecule has 0 heterocycles. The van der Waals surface area contributed by atoms with Crippen LogP contribution >= 0.6 is 0 Å². The molecule has 0 aliphatic carbocycles. The highest BCUT2D eigenvalue weighted by Gasteiger charge is 2.09. The van der Waals surface area contributed by atoms with Crippen LogP contribution in [0.3, 0.4) is 0 Å². The quantitative estimate of drug-likeness (QED) is 0.430. The summed E-state index contributed by atoms with van der Waals surface area (Å²) in [6.45, 7) is 6.83. The molecular formula is C16H33NO2. The summed E-state index contributed by atoms with van der Waals surface area (Å²) in [7, 11) is 0. The molecule has 0 saturated heterocycles. The summed E-state index contributed by atoms with van der Waals surface area (Å²) in [5.74, 6) is 0.671. The average Bonchev–Trinajstić information content (AvgIpc) is 2.32. The van der Waals surface area contributed by atoms with Crippen LogP contribution in [0.25, 0.3) is 0 Å². The number of rotatable bonds is 12. The molecule has 0 aliphatic rings. The lowest BCUT2D eigenvalue weighted by Crippen LogP contribution is -2.24. The Labute approximate surface area is 119 Å². The van der Waals surface area contributed by atoms with Gasteiger partial charge in [0, 0.05) is 6.04 Å². The van der Waals surface area contributed by atoms with Gasteiger partial charge in [-0.3, -0.25) is 4.79 Å². The van der Waals surface area contributed by atoms with Crippen molar-refractivity contribution in [1.29, 1.82) is 0 Å². The van der Waals surface area contributed by atoms with E-state index in [4.69, 9.17) is 10.5 Å². The van der Waals surface area contributed by atoms with Gasteiger partial charge < -0.3 is 10.5 Å². The highest BCUT2D eigenvalue weighted by atomic mass is 16.5. The number of carbonyl (C=O) groups is 1. The predicted octanol–water partition coefficient (Wildman–Crippen LogP) is 4.04. The van der Waals surface area contributed by atoms with Gasteiger partial charge in [-0.25, -0.2) is 0 Å². The Balaban J connectivity index is 3.27. The molecule has 0 aromatic heterocycles. The summed E-state index contributed by atoms with van der Waals surface area (Å²) in [6.07, 6.45) is 10.4. The van der Waals surface area contributed by atoms with Crippen LogP contribution in [0.2, 0.25) is 0 Å². The molecule has 0 aromatic rings. The van der Waals surface area contributed by atoms with Crippen molar-refractivity contribution < 1.29 is 9.53 Å². The van der Waals surface area contributed by atoms with E-state index in [1.807, 2.05) is 6.92 Å². The molecule has 0 aliphatic heterocycles. The van der Waals surface area contributed by atoms with Crippen molar-refractivity contribution in [1.82, 2.24) is 0 Å². The summed E-state index contributed by atoms with van der Waals surface area (Å²) in [6, 6.07) is -0.0278. The maximum absolute atomic E-state index is 11.2. The van der Waals surface area contributed by atoms with Crippen molar-refractivity contribution in [2.24, 2.45) is 11.7 Å². The summed E-state index contributed by atoms with van der Waals surface area (Å²) < 4.78 is 4.88. The minimum absolute atomic E-state index is 0.0278. The first-order valence-corrected chi connectivity index (χ1v) is 7.97. The zero-order valence-electron chi connectivity index (χ0n) is 13.1. The van der Waals surface area contributed by atoms with E-state index in [-0.39, 0.29) is 12.0 Å². The third kappa shape index (κ3) is 13.7. The number of nitrogens with two attached hydrogens (primary N) is 1. The molecule has 0 saturated carbocycles. The third-order valence-corrected chi connectivity index (χ3v) is 3.34. The van der Waals surface area contributed by atoms with Crippen LogP contribution in [0, 0.1) is 5.92 Å². The molecule has 19 heavy (non-hydrogen) atoms. The number of hydrogen-bond donors (Lipinski definition) is 1. The van der Waals surface area contributed by atoms with Gasteiger partial charge in [0.05, 0.1) is 13.0 Å². The number of ether oxygens (including phenoxy) is 1. The monoisotopic (exact) mass is 271 g/mol. The minimum Gasteiger partial charge on any atom is -0.466 e. The Morgan fingerprint density at radius 3 is 2.05 bits per heavy atom. The molecule has 0 rings (SSSR count). The highest BCUT2D eigenvalue weighted by molar-refractivity contribution is 5.70. The second kappa shape index (κ2) is 12.5. The van der Waals surface area contributed by atoms with E-state index in [9.17, 15) is 4.79 Å². The van der Waals surface area contributed by atoms with Crippen LogP contribution in [0.15, 0.2) is 0 Å². The van der Waals surface area contributed by atoms with Gasteiger partial charge in [0.15, 0.2) is 0 Å². The lowest BCUT2D eigenvalue weighted by atomic mass is 10.0. The Bertz CT molecular complexity index is 217. The van der Waals surface area contributed by atoms with Gasteiger partial charge in [-0.15, -0.1) is 0 Å². The first-order valence-electron chi connectivity index (χ1n) is 7.97. The summed E-state index contributed by atoms with van der Waals surface area (Å²) in [4.78, 5) is 11.2. The third-order valence-electron chi connectivity index (χ3n) is 3.34. The van der Waals surface area contributed by atoms with Crippen molar-refractivity contribution in [3.63, 3.8) is 0 Å². The van der Waals surface area contributed by atoms with Crippen molar-refractivity contribution in [2.45, 2.75) is 84.6 Å².